The molecule has 2 aliphatic rings. The molecule has 2 fully saturated rings. The van der Waals surface area contributed by atoms with Crippen molar-refractivity contribution in [3.8, 4) is 0 Å². The van der Waals surface area contributed by atoms with E-state index >= 15 is 0 Å². The van der Waals surface area contributed by atoms with Gasteiger partial charge in [-0.15, -0.1) is 0 Å². The molecule has 1 aliphatic carbocycles. The summed E-state index contributed by atoms with van der Waals surface area (Å²) >= 11 is 0. The van der Waals surface area contributed by atoms with Gasteiger partial charge in [0.25, 0.3) is 0 Å². The Morgan fingerprint density at radius 2 is 1.74 bits per heavy atom. The molecule has 1 atom stereocenters. The number of benzene rings is 2. The minimum Gasteiger partial charge on any atom is -0.325 e. The third kappa shape index (κ3) is 4.24. The Kier molecular flexibility index (Phi) is 5.88. The molecule has 1 heterocycles. The van der Waals surface area contributed by atoms with Gasteiger partial charge in [0.05, 0.1) is 10.1 Å². The smallest absolute Gasteiger partial charge is 0.239 e. The molecule has 2 aromatic rings. The second kappa shape index (κ2) is 8.46. The van der Waals surface area contributed by atoms with Crippen LogP contribution in [0.3, 0.4) is 0 Å². The summed E-state index contributed by atoms with van der Waals surface area (Å²) in [6.45, 7) is 4.49. The highest BCUT2D eigenvalue weighted by Crippen LogP contribution is 2.31. The maximum Gasteiger partial charge on any atom is 0.239 e. The van der Waals surface area contributed by atoms with Gasteiger partial charge in [0.2, 0.25) is 11.8 Å². The molecule has 1 saturated heterocycles. The molecule has 4 rings (SSSR count). The molecule has 0 bridgehead atoms. The topological polar surface area (TPSA) is 83.6 Å². The largest absolute Gasteiger partial charge is 0.325 e. The number of anilines is 2. The van der Waals surface area contributed by atoms with Crippen LogP contribution < -0.4 is 10.2 Å². The Morgan fingerprint density at radius 1 is 1.00 bits per heavy atom. The second-order valence-corrected chi connectivity index (χ2v) is 10.8. The van der Waals surface area contributed by atoms with E-state index in [4.69, 9.17) is 0 Å². The highest BCUT2D eigenvalue weighted by molar-refractivity contribution is 7.92. The summed E-state index contributed by atoms with van der Waals surface area (Å²) in [4.78, 5) is 27.6. The van der Waals surface area contributed by atoms with Crippen LogP contribution in [0.2, 0.25) is 0 Å². The maximum absolute atomic E-state index is 12.9. The monoisotopic (exact) mass is 440 g/mol. The van der Waals surface area contributed by atoms with Gasteiger partial charge in [-0.3, -0.25) is 9.59 Å². The third-order valence-electron chi connectivity index (χ3n) is 6.50. The molecule has 0 spiro atoms. The molecular weight excluding hydrogens is 412 g/mol. The second-order valence-electron chi connectivity index (χ2n) is 8.57. The predicted molar refractivity (Wildman–Crippen MR) is 121 cm³/mol. The zero-order chi connectivity index (χ0) is 22.2. The summed E-state index contributed by atoms with van der Waals surface area (Å²) < 4.78 is 25.7. The fourth-order valence-electron chi connectivity index (χ4n) is 4.44. The lowest BCUT2D eigenvalue weighted by Gasteiger charge is -2.18. The first-order valence-corrected chi connectivity index (χ1v) is 12.4. The predicted octanol–water partition coefficient (Wildman–Crippen LogP) is 4.01. The van der Waals surface area contributed by atoms with Crippen molar-refractivity contribution in [3.63, 3.8) is 0 Å². The zero-order valence-electron chi connectivity index (χ0n) is 17.9. The Balaban J connectivity index is 1.47. The van der Waals surface area contributed by atoms with Crippen molar-refractivity contribution >= 4 is 33.0 Å². The van der Waals surface area contributed by atoms with Crippen molar-refractivity contribution in [2.24, 2.45) is 5.92 Å². The van der Waals surface area contributed by atoms with Crippen LogP contribution in [0.4, 0.5) is 11.4 Å². The first-order valence-electron chi connectivity index (χ1n) is 10.8. The Labute approximate surface area is 183 Å². The van der Waals surface area contributed by atoms with E-state index < -0.39 is 21.7 Å². The minimum atomic E-state index is -3.41. The minimum absolute atomic E-state index is 0.226. The summed E-state index contributed by atoms with van der Waals surface area (Å²) in [5.74, 6) is -1.40. The molecule has 2 amide bonds. The summed E-state index contributed by atoms with van der Waals surface area (Å²) in [6, 6.07) is 12.2. The number of nitrogens with one attached hydrogen (secondary N) is 1. The van der Waals surface area contributed by atoms with Gasteiger partial charge < -0.3 is 10.2 Å². The van der Waals surface area contributed by atoms with E-state index in [1.165, 1.54) is 6.07 Å². The summed E-state index contributed by atoms with van der Waals surface area (Å²) in [5.41, 5.74) is 3.45. The van der Waals surface area contributed by atoms with Crippen molar-refractivity contribution in [1.82, 2.24) is 0 Å². The number of hydrogen-bond donors (Lipinski definition) is 1. The summed E-state index contributed by atoms with van der Waals surface area (Å²) in [6.07, 6.45) is 3.66. The van der Waals surface area contributed by atoms with Crippen LogP contribution in [0.1, 0.15) is 43.2 Å². The van der Waals surface area contributed by atoms with Gasteiger partial charge in [-0.2, -0.15) is 0 Å². The molecule has 0 radical (unpaired) electrons. The standard InChI is InChI=1S/C24H28N2O4S/c1-16-10-11-19(14-17(16)2)26-13-12-22(24(26)28)23(27)25-18-6-5-9-21(15-18)31(29,30)20-7-3-4-8-20/h5-6,9-11,14-15,20,22H,3-4,7-8,12-13H2,1-2H3,(H,25,27). The van der Waals surface area contributed by atoms with Crippen LogP contribution in [0, 0.1) is 19.8 Å². The van der Waals surface area contributed by atoms with Crippen molar-refractivity contribution < 1.29 is 18.0 Å². The number of carbonyl (C=O) groups excluding carboxylic acids is 2. The summed E-state index contributed by atoms with van der Waals surface area (Å²) in [5, 5.41) is 2.41. The molecule has 1 N–H and O–H groups in total. The van der Waals surface area contributed by atoms with E-state index in [-0.39, 0.29) is 16.1 Å². The van der Waals surface area contributed by atoms with E-state index in [1.807, 2.05) is 32.0 Å². The molecule has 1 saturated carbocycles. The molecule has 2 aromatic carbocycles. The van der Waals surface area contributed by atoms with Crippen molar-refractivity contribution in [2.75, 3.05) is 16.8 Å². The first kappa shape index (κ1) is 21.6. The van der Waals surface area contributed by atoms with Gasteiger partial charge in [-0.1, -0.05) is 25.0 Å². The van der Waals surface area contributed by atoms with Gasteiger partial charge in [0, 0.05) is 17.9 Å². The average molecular weight is 441 g/mol. The molecule has 1 aliphatic heterocycles. The first-order chi connectivity index (χ1) is 14.8. The number of rotatable bonds is 5. The SMILES string of the molecule is Cc1ccc(N2CCC(C(=O)Nc3cccc(S(=O)(=O)C4CCCC4)c3)C2=O)cc1C. The van der Waals surface area contributed by atoms with Crippen LogP contribution in [-0.2, 0) is 19.4 Å². The van der Waals surface area contributed by atoms with E-state index in [0.29, 0.717) is 31.5 Å². The van der Waals surface area contributed by atoms with Crippen LogP contribution in [0.15, 0.2) is 47.4 Å². The Hall–Kier alpha value is -2.67. The lowest BCUT2D eigenvalue weighted by molar-refractivity contribution is -0.129. The number of nitrogens with zero attached hydrogens (tertiary/aromatic N) is 1. The number of hydrogen-bond acceptors (Lipinski definition) is 4. The van der Waals surface area contributed by atoms with E-state index in [0.717, 1.165) is 29.7 Å². The number of carbonyl (C=O) groups is 2. The molecular formula is C24H28N2O4S. The average Bonchev–Trinajstić information content (AvgIpc) is 3.41. The van der Waals surface area contributed by atoms with Gasteiger partial charge in [0.15, 0.2) is 9.84 Å². The van der Waals surface area contributed by atoms with Crippen molar-refractivity contribution in [3.05, 3.63) is 53.6 Å². The lowest BCUT2D eigenvalue weighted by atomic mass is 10.1. The van der Waals surface area contributed by atoms with Gasteiger partial charge in [-0.05, 0) is 74.6 Å². The number of sulfone groups is 1. The highest BCUT2D eigenvalue weighted by atomic mass is 32.2. The zero-order valence-corrected chi connectivity index (χ0v) is 18.7. The van der Waals surface area contributed by atoms with Crippen LogP contribution in [-0.4, -0.2) is 32.0 Å². The molecule has 0 aromatic heterocycles. The molecule has 6 nitrogen and oxygen atoms in total. The molecule has 7 heteroatoms. The molecule has 164 valence electrons. The Morgan fingerprint density at radius 3 is 2.45 bits per heavy atom. The third-order valence-corrected chi connectivity index (χ3v) is 8.76. The number of amides is 2. The van der Waals surface area contributed by atoms with Crippen LogP contribution >= 0.6 is 0 Å². The fraction of sp³-hybridized carbons (Fsp3) is 0.417. The lowest BCUT2D eigenvalue weighted by Crippen LogP contribution is -2.33. The van der Waals surface area contributed by atoms with Gasteiger partial charge in [0.1, 0.15) is 5.92 Å². The van der Waals surface area contributed by atoms with Gasteiger partial charge >= 0.3 is 0 Å². The Bertz CT molecular complexity index is 1120. The fourth-order valence-corrected chi connectivity index (χ4v) is 6.34. The van der Waals surface area contributed by atoms with Crippen molar-refractivity contribution in [2.45, 2.75) is 56.1 Å². The van der Waals surface area contributed by atoms with E-state index in [9.17, 15) is 18.0 Å². The van der Waals surface area contributed by atoms with Gasteiger partial charge in [-0.25, -0.2) is 8.42 Å². The van der Waals surface area contributed by atoms with Crippen LogP contribution in [0.5, 0.6) is 0 Å². The maximum atomic E-state index is 12.9. The summed E-state index contributed by atoms with van der Waals surface area (Å²) in [7, 11) is -3.41. The van der Waals surface area contributed by atoms with E-state index in [1.54, 1.807) is 23.1 Å². The highest BCUT2D eigenvalue weighted by Gasteiger charge is 2.38. The molecule has 31 heavy (non-hydrogen) atoms. The number of aryl methyl sites for hydroxylation is 2. The quantitative estimate of drug-likeness (QED) is 0.712. The molecule has 1 unspecified atom stereocenters. The normalized spacial score (nSPS) is 19.7. The van der Waals surface area contributed by atoms with E-state index in [2.05, 4.69) is 5.32 Å². The van der Waals surface area contributed by atoms with Crippen molar-refractivity contribution in [1.29, 1.82) is 0 Å². The van der Waals surface area contributed by atoms with Crippen LogP contribution in [0.25, 0.3) is 0 Å².